The third-order valence-electron chi connectivity index (χ3n) is 4.52. The molecule has 2 aliphatic rings. The van der Waals surface area contributed by atoms with Crippen LogP contribution in [0.1, 0.15) is 43.1 Å². The van der Waals surface area contributed by atoms with E-state index in [9.17, 15) is 4.39 Å². The minimum absolute atomic E-state index is 0.185. The minimum Gasteiger partial charge on any atom is -0.408 e. The van der Waals surface area contributed by atoms with Gasteiger partial charge in [0.25, 0.3) is 0 Å². The molecular formula is C17H21FN4O. The maximum absolute atomic E-state index is 13.0. The Morgan fingerprint density at radius 2 is 2.00 bits per heavy atom. The summed E-state index contributed by atoms with van der Waals surface area (Å²) in [5.74, 6) is 1.07. The van der Waals surface area contributed by atoms with Gasteiger partial charge in [0, 0.05) is 25.0 Å². The van der Waals surface area contributed by atoms with E-state index in [-0.39, 0.29) is 5.82 Å². The average molecular weight is 316 g/mol. The fourth-order valence-corrected chi connectivity index (χ4v) is 3.13. The van der Waals surface area contributed by atoms with Gasteiger partial charge in [0.05, 0.1) is 0 Å². The molecule has 4 rings (SSSR count). The van der Waals surface area contributed by atoms with Crippen LogP contribution in [0.5, 0.6) is 0 Å². The summed E-state index contributed by atoms with van der Waals surface area (Å²) >= 11 is 0. The van der Waals surface area contributed by atoms with Gasteiger partial charge in [0.2, 0.25) is 5.89 Å². The predicted molar refractivity (Wildman–Crippen MR) is 84.6 cm³/mol. The van der Waals surface area contributed by atoms with Gasteiger partial charge in [-0.15, -0.1) is 5.10 Å². The lowest BCUT2D eigenvalue weighted by Gasteiger charge is -2.32. The third-order valence-corrected chi connectivity index (χ3v) is 4.52. The molecule has 2 heterocycles. The van der Waals surface area contributed by atoms with Crippen LogP contribution in [0, 0.1) is 5.82 Å². The number of aromatic nitrogens is 2. The highest BCUT2D eigenvalue weighted by atomic mass is 19.1. The predicted octanol–water partition coefficient (Wildman–Crippen LogP) is 3.16. The van der Waals surface area contributed by atoms with Crippen LogP contribution in [0.2, 0.25) is 0 Å². The number of anilines is 1. The van der Waals surface area contributed by atoms with Crippen LogP contribution >= 0.6 is 0 Å². The number of nitrogens with one attached hydrogen (secondary N) is 1. The van der Waals surface area contributed by atoms with Gasteiger partial charge in [-0.25, -0.2) is 4.39 Å². The lowest BCUT2D eigenvalue weighted by molar-refractivity contribution is 0.207. The molecule has 2 aromatic rings. The van der Waals surface area contributed by atoms with Crippen molar-refractivity contribution >= 4 is 6.01 Å². The molecule has 0 radical (unpaired) electrons. The highest BCUT2D eigenvalue weighted by Crippen LogP contribution is 2.39. The van der Waals surface area contributed by atoms with Crippen LogP contribution in [0.25, 0.3) is 0 Å². The van der Waals surface area contributed by atoms with Crippen molar-refractivity contribution < 1.29 is 8.81 Å². The lowest BCUT2D eigenvalue weighted by Crippen LogP contribution is -2.41. The largest absolute Gasteiger partial charge is 0.408 e. The molecule has 0 amide bonds. The molecular weight excluding hydrogens is 295 g/mol. The van der Waals surface area contributed by atoms with Gasteiger partial charge in [0.15, 0.2) is 0 Å². The molecule has 0 bridgehead atoms. The summed E-state index contributed by atoms with van der Waals surface area (Å²) in [5.41, 5.74) is 1.14. The van der Waals surface area contributed by atoms with Crippen molar-refractivity contribution in [1.29, 1.82) is 0 Å². The molecule has 1 aliphatic heterocycles. The van der Waals surface area contributed by atoms with Crippen molar-refractivity contribution in [2.45, 2.75) is 44.2 Å². The fourth-order valence-electron chi connectivity index (χ4n) is 3.13. The van der Waals surface area contributed by atoms with E-state index in [2.05, 4.69) is 20.4 Å². The molecule has 1 atom stereocenters. The Labute approximate surface area is 134 Å². The number of hydrogen-bond donors (Lipinski definition) is 1. The summed E-state index contributed by atoms with van der Waals surface area (Å²) in [4.78, 5) is 2.38. The second kappa shape index (κ2) is 6.28. The normalized spacial score (nSPS) is 22.2. The molecule has 6 heteroatoms. The number of hydrogen-bond acceptors (Lipinski definition) is 5. The maximum Gasteiger partial charge on any atom is 0.315 e. The summed E-state index contributed by atoms with van der Waals surface area (Å²) in [5, 5.41) is 11.6. The van der Waals surface area contributed by atoms with E-state index in [1.807, 2.05) is 12.1 Å². The number of likely N-dealkylation sites (tertiary alicyclic amines) is 1. The molecule has 1 N–H and O–H groups in total. The van der Waals surface area contributed by atoms with E-state index in [4.69, 9.17) is 4.42 Å². The molecule has 23 heavy (non-hydrogen) atoms. The molecule has 1 aliphatic carbocycles. The summed E-state index contributed by atoms with van der Waals surface area (Å²) in [7, 11) is 0. The first kappa shape index (κ1) is 14.6. The highest BCUT2D eigenvalue weighted by molar-refractivity contribution is 5.22. The third kappa shape index (κ3) is 3.69. The number of piperidine rings is 1. The first-order chi connectivity index (χ1) is 11.3. The maximum atomic E-state index is 13.0. The number of benzene rings is 1. The molecule has 1 saturated heterocycles. The van der Waals surface area contributed by atoms with Crippen LogP contribution in [0.4, 0.5) is 10.4 Å². The van der Waals surface area contributed by atoms with Crippen LogP contribution in [0.15, 0.2) is 28.7 Å². The van der Waals surface area contributed by atoms with Crippen molar-refractivity contribution in [3.8, 4) is 0 Å². The molecule has 1 aromatic heterocycles. The number of nitrogens with zero attached hydrogens (tertiary/aromatic N) is 3. The zero-order chi connectivity index (χ0) is 15.6. The van der Waals surface area contributed by atoms with Crippen molar-refractivity contribution in [1.82, 2.24) is 15.1 Å². The fraction of sp³-hybridized carbons (Fsp3) is 0.529. The quantitative estimate of drug-likeness (QED) is 0.918. The summed E-state index contributed by atoms with van der Waals surface area (Å²) in [6.07, 6.45) is 4.55. The van der Waals surface area contributed by atoms with Crippen LogP contribution in [-0.4, -0.2) is 34.2 Å². The summed E-state index contributed by atoms with van der Waals surface area (Å²) in [6, 6.07) is 7.61. The molecule has 1 aromatic carbocycles. The first-order valence-electron chi connectivity index (χ1n) is 8.33. The van der Waals surface area contributed by atoms with E-state index in [0.717, 1.165) is 56.8 Å². The second-order valence-electron chi connectivity index (χ2n) is 6.56. The van der Waals surface area contributed by atoms with E-state index < -0.39 is 0 Å². The van der Waals surface area contributed by atoms with Crippen molar-refractivity contribution in [2.24, 2.45) is 0 Å². The Hall–Kier alpha value is -1.95. The van der Waals surface area contributed by atoms with E-state index in [0.29, 0.717) is 18.0 Å². The Morgan fingerprint density at radius 3 is 2.78 bits per heavy atom. The highest BCUT2D eigenvalue weighted by Gasteiger charge is 2.30. The molecule has 2 fully saturated rings. The summed E-state index contributed by atoms with van der Waals surface area (Å²) < 4.78 is 18.7. The van der Waals surface area contributed by atoms with E-state index in [1.54, 1.807) is 0 Å². The number of rotatable bonds is 5. The minimum atomic E-state index is -0.185. The van der Waals surface area contributed by atoms with Gasteiger partial charge in [-0.05, 0) is 49.9 Å². The van der Waals surface area contributed by atoms with Crippen molar-refractivity contribution in [2.75, 3.05) is 18.4 Å². The monoisotopic (exact) mass is 316 g/mol. The Balaban J connectivity index is 1.33. The topological polar surface area (TPSA) is 54.2 Å². The van der Waals surface area contributed by atoms with E-state index >= 15 is 0 Å². The van der Waals surface area contributed by atoms with Crippen molar-refractivity contribution in [3.05, 3.63) is 41.5 Å². The van der Waals surface area contributed by atoms with Gasteiger partial charge in [-0.3, -0.25) is 4.90 Å². The van der Waals surface area contributed by atoms with Crippen LogP contribution < -0.4 is 5.32 Å². The smallest absolute Gasteiger partial charge is 0.315 e. The van der Waals surface area contributed by atoms with Crippen molar-refractivity contribution in [3.63, 3.8) is 0 Å². The van der Waals surface area contributed by atoms with E-state index in [1.165, 1.54) is 12.1 Å². The standard InChI is InChI=1S/C17H21FN4O/c18-14-7-3-12(4-8-14)10-22-9-1-2-15(11-22)19-17-21-20-16(23-17)13-5-6-13/h3-4,7-8,13,15H,1-2,5-6,9-11H2,(H,19,21). The second-order valence-corrected chi connectivity index (χ2v) is 6.56. The summed E-state index contributed by atoms with van der Waals surface area (Å²) in [6.45, 7) is 2.83. The lowest BCUT2D eigenvalue weighted by atomic mass is 10.0. The molecule has 122 valence electrons. The molecule has 5 nitrogen and oxygen atoms in total. The van der Waals surface area contributed by atoms with Gasteiger partial charge < -0.3 is 9.73 Å². The Morgan fingerprint density at radius 1 is 1.17 bits per heavy atom. The molecule has 0 spiro atoms. The van der Waals surface area contributed by atoms with Gasteiger partial charge >= 0.3 is 6.01 Å². The molecule has 1 saturated carbocycles. The van der Waals surface area contributed by atoms with Crippen LogP contribution in [-0.2, 0) is 6.54 Å². The number of halogens is 1. The van der Waals surface area contributed by atoms with Crippen LogP contribution in [0.3, 0.4) is 0 Å². The zero-order valence-corrected chi connectivity index (χ0v) is 13.0. The average Bonchev–Trinajstić information content (AvgIpc) is 3.30. The Kier molecular flexibility index (Phi) is 3.99. The molecule has 1 unspecified atom stereocenters. The van der Waals surface area contributed by atoms with Gasteiger partial charge in [-0.1, -0.05) is 17.2 Å². The SMILES string of the molecule is Fc1ccc(CN2CCCC(Nc3nnc(C4CC4)o3)C2)cc1. The Bertz CT molecular complexity index is 653. The van der Waals surface area contributed by atoms with Gasteiger partial charge in [0.1, 0.15) is 5.82 Å². The van der Waals surface area contributed by atoms with Gasteiger partial charge in [-0.2, -0.15) is 0 Å². The zero-order valence-electron chi connectivity index (χ0n) is 13.0. The first-order valence-corrected chi connectivity index (χ1v) is 8.33.